The topological polar surface area (TPSA) is 38.5 Å². The van der Waals surface area contributed by atoms with Gasteiger partial charge < -0.3 is 15.4 Å². The maximum Gasteiger partial charge on any atom is 0.1000 e. The van der Waals surface area contributed by atoms with Crippen molar-refractivity contribution in [2.75, 3.05) is 25.4 Å². The summed E-state index contributed by atoms with van der Waals surface area (Å²) in [4.78, 5) is 2.30. The molecule has 0 aromatic heterocycles. The highest BCUT2D eigenvalue weighted by Crippen LogP contribution is 2.23. The molecule has 21 heavy (non-hydrogen) atoms. The second-order valence-corrected chi connectivity index (χ2v) is 5.25. The number of morpholine rings is 1. The number of nitrogens with two attached hydrogens (primary N) is 1. The van der Waals surface area contributed by atoms with Crippen LogP contribution in [0.25, 0.3) is 6.08 Å². The van der Waals surface area contributed by atoms with Gasteiger partial charge in [-0.25, -0.2) is 0 Å². The van der Waals surface area contributed by atoms with E-state index in [-0.39, 0.29) is 6.10 Å². The van der Waals surface area contributed by atoms with Crippen molar-refractivity contribution < 1.29 is 4.74 Å². The van der Waals surface area contributed by atoms with E-state index in [1.807, 2.05) is 30.3 Å². The van der Waals surface area contributed by atoms with Crippen LogP contribution in [-0.4, -0.2) is 24.6 Å². The molecule has 1 saturated heterocycles. The zero-order valence-electron chi connectivity index (χ0n) is 12.0. The Labute approximate surface area is 125 Å². The van der Waals surface area contributed by atoms with Crippen molar-refractivity contribution in [2.24, 2.45) is 0 Å². The first kappa shape index (κ1) is 13.7. The van der Waals surface area contributed by atoms with Crippen LogP contribution >= 0.6 is 0 Å². The SMILES string of the molecule is Nc1ccc([C@H]2CN(C=Cc3ccccc3)CCO2)cc1. The Bertz CT molecular complexity index is 592. The lowest BCUT2D eigenvalue weighted by Crippen LogP contribution is -2.34. The Hall–Kier alpha value is -2.26. The van der Waals surface area contributed by atoms with Gasteiger partial charge in [-0.1, -0.05) is 42.5 Å². The predicted octanol–water partition coefficient (Wildman–Crippen LogP) is 3.31. The van der Waals surface area contributed by atoms with E-state index < -0.39 is 0 Å². The van der Waals surface area contributed by atoms with Crippen LogP contribution in [0.5, 0.6) is 0 Å². The van der Waals surface area contributed by atoms with Gasteiger partial charge in [-0.3, -0.25) is 0 Å². The molecule has 2 aromatic carbocycles. The molecule has 1 aliphatic heterocycles. The minimum Gasteiger partial charge on any atom is -0.399 e. The van der Waals surface area contributed by atoms with E-state index in [1.54, 1.807) is 0 Å². The molecular weight excluding hydrogens is 260 g/mol. The highest BCUT2D eigenvalue weighted by molar-refractivity contribution is 5.48. The van der Waals surface area contributed by atoms with Gasteiger partial charge in [0.05, 0.1) is 12.7 Å². The molecule has 0 bridgehead atoms. The number of hydrogen-bond donors (Lipinski definition) is 1. The normalized spacial score (nSPS) is 19.0. The summed E-state index contributed by atoms with van der Waals surface area (Å²) in [6.07, 6.45) is 4.41. The summed E-state index contributed by atoms with van der Waals surface area (Å²) in [5.74, 6) is 0. The zero-order valence-corrected chi connectivity index (χ0v) is 12.0. The molecule has 2 aromatic rings. The summed E-state index contributed by atoms with van der Waals surface area (Å²) in [5.41, 5.74) is 8.92. The van der Waals surface area contributed by atoms with Crippen molar-refractivity contribution in [3.05, 3.63) is 71.9 Å². The van der Waals surface area contributed by atoms with E-state index in [2.05, 4.69) is 41.4 Å². The molecule has 1 heterocycles. The number of ether oxygens (including phenoxy) is 1. The lowest BCUT2D eigenvalue weighted by Gasteiger charge is -2.32. The van der Waals surface area contributed by atoms with Gasteiger partial charge >= 0.3 is 0 Å². The van der Waals surface area contributed by atoms with Gasteiger partial charge in [0.25, 0.3) is 0 Å². The van der Waals surface area contributed by atoms with Gasteiger partial charge in [-0.2, -0.15) is 0 Å². The van der Waals surface area contributed by atoms with Gasteiger partial charge in [0.1, 0.15) is 0 Å². The Morgan fingerprint density at radius 2 is 1.81 bits per heavy atom. The summed E-state index contributed by atoms with van der Waals surface area (Å²) >= 11 is 0. The molecule has 3 nitrogen and oxygen atoms in total. The maximum absolute atomic E-state index is 5.87. The van der Waals surface area contributed by atoms with E-state index in [0.29, 0.717) is 0 Å². The predicted molar refractivity (Wildman–Crippen MR) is 86.6 cm³/mol. The number of hydrogen-bond acceptors (Lipinski definition) is 3. The summed E-state index contributed by atoms with van der Waals surface area (Å²) in [6, 6.07) is 18.3. The smallest absolute Gasteiger partial charge is 0.1000 e. The molecule has 108 valence electrons. The van der Waals surface area contributed by atoms with Crippen molar-refractivity contribution in [2.45, 2.75) is 6.10 Å². The van der Waals surface area contributed by atoms with Crippen LogP contribution in [0.4, 0.5) is 5.69 Å². The average molecular weight is 280 g/mol. The summed E-state index contributed by atoms with van der Waals surface area (Å²) < 4.78 is 5.87. The van der Waals surface area contributed by atoms with Crippen LogP contribution in [-0.2, 0) is 4.74 Å². The Morgan fingerprint density at radius 3 is 2.57 bits per heavy atom. The first-order valence-electron chi connectivity index (χ1n) is 7.25. The van der Waals surface area contributed by atoms with Crippen LogP contribution in [0.3, 0.4) is 0 Å². The second-order valence-electron chi connectivity index (χ2n) is 5.25. The highest BCUT2D eigenvalue weighted by Gasteiger charge is 2.19. The van der Waals surface area contributed by atoms with Crippen LogP contribution in [0.2, 0.25) is 0 Å². The lowest BCUT2D eigenvalue weighted by atomic mass is 10.1. The number of rotatable bonds is 3. The quantitative estimate of drug-likeness (QED) is 0.877. The first-order chi connectivity index (χ1) is 10.3. The van der Waals surface area contributed by atoms with Gasteiger partial charge in [0.15, 0.2) is 0 Å². The fraction of sp³-hybridized carbons (Fsp3) is 0.222. The third-order valence-corrected chi connectivity index (χ3v) is 3.68. The minimum atomic E-state index is 0.111. The van der Waals surface area contributed by atoms with Crippen molar-refractivity contribution in [3.63, 3.8) is 0 Å². The third-order valence-electron chi connectivity index (χ3n) is 3.68. The Morgan fingerprint density at radius 1 is 1.05 bits per heavy atom. The van der Waals surface area contributed by atoms with Crippen LogP contribution in [0.1, 0.15) is 17.2 Å². The summed E-state index contributed by atoms with van der Waals surface area (Å²) in [5, 5.41) is 0. The number of nitrogens with zero attached hydrogens (tertiary/aromatic N) is 1. The Balaban J connectivity index is 1.66. The molecule has 0 amide bonds. The van der Waals surface area contributed by atoms with Crippen LogP contribution in [0, 0.1) is 0 Å². The van der Waals surface area contributed by atoms with Gasteiger partial charge in [0.2, 0.25) is 0 Å². The van der Waals surface area contributed by atoms with Crippen molar-refractivity contribution in [1.29, 1.82) is 0 Å². The first-order valence-corrected chi connectivity index (χ1v) is 7.25. The molecule has 3 rings (SSSR count). The molecule has 1 fully saturated rings. The zero-order chi connectivity index (χ0) is 14.5. The largest absolute Gasteiger partial charge is 0.399 e. The van der Waals surface area contributed by atoms with Crippen LogP contribution in [0.15, 0.2) is 60.8 Å². The Kier molecular flexibility index (Phi) is 4.22. The molecule has 0 unspecified atom stereocenters. The summed E-state index contributed by atoms with van der Waals surface area (Å²) in [6.45, 7) is 2.54. The molecular formula is C18H20N2O. The molecule has 1 atom stereocenters. The van der Waals surface area contributed by atoms with E-state index >= 15 is 0 Å². The lowest BCUT2D eigenvalue weighted by molar-refractivity contribution is -0.0135. The summed E-state index contributed by atoms with van der Waals surface area (Å²) in [7, 11) is 0. The van der Waals surface area contributed by atoms with E-state index in [9.17, 15) is 0 Å². The van der Waals surface area contributed by atoms with Gasteiger partial charge in [-0.05, 0) is 35.5 Å². The molecule has 2 N–H and O–H groups in total. The minimum absolute atomic E-state index is 0.111. The number of nitrogen functional groups attached to an aromatic ring is 1. The molecule has 0 spiro atoms. The number of benzene rings is 2. The van der Waals surface area contributed by atoms with Gasteiger partial charge in [0, 0.05) is 18.8 Å². The van der Waals surface area contributed by atoms with E-state index in [1.165, 1.54) is 11.1 Å². The monoisotopic (exact) mass is 280 g/mol. The molecule has 0 aliphatic carbocycles. The van der Waals surface area contributed by atoms with E-state index in [0.717, 1.165) is 25.4 Å². The fourth-order valence-corrected chi connectivity index (χ4v) is 2.47. The molecule has 0 saturated carbocycles. The highest BCUT2D eigenvalue weighted by atomic mass is 16.5. The van der Waals surface area contributed by atoms with E-state index in [4.69, 9.17) is 10.5 Å². The fourth-order valence-electron chi connectivity index (χ4n) is 2.47. The average Bonchev–Trinajstić information content (AvgIpc) is 2.55. The standard InChI is InChI=1S/C18H20N2O/c19-17-8-6-16(7-9-17)18-14-20(12-13-21-18)11-10-15-4-2-1-3-5-15/h1-11,18H,12-14,19H2/t18-/m1/s1. The van der Waals surface area contributed by atoms with Crippen molar-refractivity contribution in [1.82, 2.24) is 4.90 Å². The third kappa shape index (κ3) is 3.64. The van der Waals surface area contributed by atoms with Gasteiger partial charge in [-0.15, -0.1) is 0 Å². The second kappa shape index (κ2) is 6.46. The van der Waals surface area contributed by atoms with Crippen LogP contribution < -0.4 is 5.73 Å². The maximum atomic E-state index is 5.87. The molecule has 1 aliphatic rings. The van der Waals surface area contributed by atoms with Crippen molar-refractivity contribution in [3.8, 4) is 0 Å². The molecule has 0 radical (unpaired) electrons. The number of anilines is 1. The van der Waals surface area contributed by atoms with Crippen molar-refractivity contribution >= 4 is 11.8 Å². The molecule has 3 heteroatoms.